The molecule has 0 atom stereocenters. The Morgan fingerprint density at radius 2 is 1.74 bits per heavy atom. The third-order valence-corrected chi connectivity index (χ3v) is 2.57. The molecule has 0 amide bonds. The zero-order chi connectivity index (χ0) is 14.0. The van der Waals surface area contributed by atoms with Gasteiger partial charge in [0.05, 0.1) is 0 Å². The molecule has 100 valence electrons. The molecule has 5 heteroatoms. The average molecular weight is 270 g/mol. The zero-order valence-corrected chi connectivity index (χ0v) is 9.96. The summed E-state index contributed by atoms with van der Waals surface area (Å²) in [5.74, 6) is -0.683. The van der Waals surface area contributed by atoms with E-state index in [1.807, 2.05) is 0 Å². The number of halogens is 4. The first-order valence-corrected chi connectivity index (χ1v) is 5.47. The van der Waals surface area contributed by atoms with Gasteiger partial charge >= 0.3 is 6.36 Å². The predicted molar refractivity (Wildman–Crippen MR) is 63.3 cm³/mol. The number of benzene rings is 2. The Balaban J connectivity index is 2.38. The Hall–Kier alpha value is -2.04. The standard InChI is InChI=1S/C14H10F4O/c1-9-7-11(15)5-6-13(9)10-3-2-4-12(8-10)19-14(16,17)18/h2-8H,1H3. The second kappa shape index (κ2) is 4.91. The fourth-order valence-corrected chi connectivity index (χ4v) is 1.81. The number of ether oxygens (including phenoxy) is 1. The lowest BCUT2D eigenvalue weighted by Crippen LogP contribution is -2.17. The van der Waals surface area contributed by atoms with Crippen molar-refractivity contribution in [2.45, 2.75) is 13.3 Å². The van der Waals surface area contributed by atoms with Gasteiger partial charge in [-0.25, -0.2) is 4.39 Å². The molecule has 0 saturated carbocycles. The molecule has 0 spiro atoms. The maximum Gasteiger partial charge on any atom is 0.573 e. The molecule has 2 aromatic rings. The highest BCUT2D eigenvalue weighted by Gasteiger charge is 2.31. The summed E-state index contributed by atoms with van der Waals surface area (Å²) in [6.07, 6.45) is -4.73. The molecule has 0 aromatic heterocycles. The summed E-state index contributed by atoms with van der Waals surface area (Å²) >= 11 is 0. The van der Waals surface area contributed by atoms with E-state index >= 15 is 0 Å². The van der Waals surface area contributed by atoms with Crippen LogP contribution in [0.4, 0.5) is 17.6 Å². The molecule has 0 aliphatic carbocycles. The molecule has 0 aliphatic rings. The highest BCUT2D eigenvalue weighted by atomic mass is 19.4. The third-order valence-electron chi connectivity index (χ3n) is 2.57. The van der Waals surface area contributed by atoms with Crippen molar-refractivity contribution in [3.05, 3.63) is 53.8 Å². The van der Waals surface area contributed by atoms with Crippen LogP contribution in [0.25, 0.3) is 11.1 Å². The van der Waals surface area contributed by atoms with E-state index < -0.39 is 6.36 Å². The van der Waals surface area contributed by atoms with E-state index in [9.17, 15) is 17.6 Å². The summed E-state index contributed by atoms with van der Waals surface area (Å²) in [4.78, 5) is 0. The van der Waals surface area contributed by atoms with Gasteiger partial charge in [0.25, 0.3) is 0 Å². The summed E-state index contributed by atoms with van der Waals surface area (Å²) < 4.78 is 53.3. The third kappa shape index (κ3) is 3.47. The minimum atomic E-state index is -4.73. The Labute approximate surface area is 107 Å². The molecular formula is C14H10F4O. The minimum Gasteiger partial charge on any atom is -0.406 e. The summed E-state index contributed by atoms with van der Waals surface area (Å²) in [6.45, 7) is 1.69. The Morgan fingerprint density at radius 3 is 2.37 bits per heavy atom. The van der Waals surface area contributed by atoms with Crippen LogP contribution in [-0.2, 0) is 0 Å². The van der Waals surface area contributed by atoms with Gasteiger partial charge in [-0.3, -0.25) is 0 Å². The van der Waals surface area contributed by atoms with E-state index in [-0.39, 0.29) is 11.6 Å². The van der Waals surface area contributed by atoms with E-state index in [4.69, 9.17) is 0 Å². The van der Waals surface area contributed by atoms with Crippen molar-refractivity contribution in [3.8, 4) is 16.9 Å². The van der Waals surface area contributed by atoms with E-state index in [1.54, 1.807) is 13.0 Å². The number of alkyl halides is 3. The molecule has 0 bridgehead atoms. The van der Waals surface area contributed by atoms with Crippen LogP contribution in [0.1, 0.15) is 5.56 Å². The highest BCUT2D eigenvalue weighted by molar-refractivity contribution is 5.68. The van der Waals surface area contributed by atoms with Gasteiger partial charge in [-0.2, -0.15) is 0 Å². The molecule has 0 unspecified atom stereocenters. The van der Waals surface area contributed by atoms with E-state index in [0.29, 0.717) is 16.7 Å². The smallest absolute Gasteiger partial charge is 0.406 e. The lowest BCUT2D eigenvalue weighted by Gasteiger charge is -2.11. The second-order valence-corrected chi connectivity index (χ2v) is 4.03. The normalized spacial score (nSPS) is 11.4. The second-order valence-electron chi connectivity index (χ2n) is 4.03. The van der Waals surface area contributed by atoms with Crippen LogP contribution in [0.5, 0.6) is 5.75 Å². The average Bonchev–Trinajstić information content (AvgIpc) is 2.26. The van der Waals surface area contributed by atoms with Crippen molar-refractivity contribution < 1.29 is 22.3 Å². The van der Waals surface area contributed by atoms with E-state index in [0.717, 1.165) is 0 Å². The van der Waals surface area contributed by atoms with Crippen molar-refractivity contribution >= 4 is 0 Å². The quantitative estimate of drug-likeness (QED) is 0.719. The van der Waals surface area contributed by atoms with Crippen LogP contribution in [0.3, 0.4) is 0 Å². The first-order valence-electron chi connectivity index (χ1n) is 5.47. The topological polar surface area (TPSA) is 9.23 Å². The minimum absolute atomic E-state index is 0.297. The monoisotopic (exact) mass is 270 g/mol. The summed E-state index contributed by atoms with van der Waals surface area (Å²) in [7, 11) is 0. The van der Waals surface area contributed by atoms with Crippen LogP contribution in [0.15, 0.2) is 42.5 Å². The van der Waals surface area contributed by atoms with Gasteiger partial charge in [-0.1, -0.05) is 18.2 Å². The van der Waals surface area contributed by atoms with Gasteiger partial charge in [0, 0.05) is 0 Å². The first-order chi connectivity index (χ1) is 8.85. The molecule has 0 heterocycles. The molecule has 2 aromatic carbocycles. The van der Waals surface area contributed by atoms with Gasteiger partial charge in [-0.15, -0.1) is 13.2 Å². The van der Waals surface area contributed by atoms with Gasteiger partial charge in [0.2, 0.25) is 0 Å². The van der Waals surface area contributed by atoms with Crippen LogP contribution in [0, 0.1) is 12.7 Å². The highest BCUT2D eigenvalue weighted by Crippen LogP contribution is 2.29. The molecule has 0 N–H and O–H groups in total. The molecule has 0 fully saturated rings. The summed E-state index contributed by atoms with van der Waals surface area (Å²) in [5, 5.41) is 0. The molecule has 0 saturated heterocycles. The molecule has 0 aliphatic heterocycles. The Kier molecular flexibility index (Phi) is 3.46. The van der Waals surface area contributed by atoms with Crippen molar-refractivity contribution in [2.75, 3.05) is 0 Å². The molecule has 1 nitrogen and oxygen atoms in total. The van der Waals surface area contributed by atoms with Crippen LogP contribution >= 0.6 is 0 Å². The van der Waals surface area contributed by atoms with Crippen LogP contribution < -0.4 is 4.74 Å². The van der Waals surface area contributed by atoms with Crippen LogP contribution in [0.2, 0.25) is 0 Å². The molecule has 0 radical (unpaired) electrons. The molecule has 19 heavy (non-hydrogen) atoms. The maximum absolute atomic E-state index is 13.0. The van der Waals surface area contributed by atoms with Gasteiger partial charge in [-0.05, 0) is 47.9 Å². The van der Waals surface area contributed by atoms with Gasteiger partial charge in [0.15, 0.2) is 0 Å². The lowest BCUT2D eigenvalue weighted by atomic mass is 10.0. The largest absolute Gasteiger partial charge is 0.573 e. The molecular weight excluding hydrogens is 260 g/mol. The number of rotatable bonds is 2. The zero-order valence-electron chi connectivity index (χ0n) is 9.96. The van der Waals surface area contributed by atoms with Gasteiger partial charge in [0.1, 0.15) is 11.6 Å². The van der Waals surface area contributed by atoms with Crippen molar-refractivity contribution in [1.82, 2.24) is 0 Å². The Bertz CT molecular complexity index is 590. The van der Waals surface area contributed by atoms with Crippen molar-refractivity contribution in [2.24, 2.45) is 0 Å². The first kappa shape index (κ1) is 13.4. The van der Waals surface area contributed by atoms with Crippen LogP contribution in [-0.4, -0.2) is 6.36 Å². The molecule has 2 rings (SSSR count). The van der Waals surface area contributed by atoms with E-state index in [2.05, 4.69) is 4.74 Å². The number of hydrogen-bond acceptors (Lipinski definition) is 1. The Morgan fingerprint density at radius 1 is 1.00 bits per heavy atom. The van der Waals surface area contributed by atoms with Crippen molar-refractivity contribution in [3.63, 3.8) is 0 Å². The van der Waals surface area contributed by atoms with Gasteiger partial charge < -0.3 is 4.74 Å². The fourth-order valence-electron chi connectivity index (χ4n) is 1.81. The fraction of sp³-hybridized carbons (Fsp3) is 0.143. The summed E-state index contributed by atoms with van der Waals surface area (Å²) in [6, 6.07) is 9.70. The predicted octanol–water partition coefficient (Wildman–Crippen LogP) is 4.70. The van der Waals surface area contributed by atoms with Crippen molar-refractivity contribution in [1.29, 1.82) is 0 Å². The van der Waals surface area contributed by atoms with E-state index in [1.165, 1.54) is 36.4 Å². The number of hydrogen-bond donors (Lipinski definition) is 0. The SMILES string of the molecule is Cc1cc(F)ccc1-c1cccc(OC(F)(F)F)c1. The number of aryl methyl sites for hydroxylation is 1. The summed E-state index contributed by atoms with van der Waals surface area (Å²) in [5.41, 5.74) is 1.84. The lowest BCUT2D eigenvalue weighted by molar-refractivity contribution is -0.274. The maximum atomic E-state index is 13.0.